The van der Waals surface area contributed by atoms with Gasteiger partial charge in [-0.25, -0.2) is 0 Å². The molecule has 1 aromatic heterocycles. The van der Waals surface area contributed by atoms with Crippen molar-refractivity contribution >= 4 is 0 Å². The van der Waals surface area contributed by atoms with Crippen molar-refractivity contribution in [1.29, 1.82) is 0 Å². The summed E-state index contributed by atoms with van der Waals surface area (Å²) in [5.74, 6) is 0.986. The van der Waals surface area contributed by atoms with E-state index in [2.05, 4.69) is 30.9 Å². The molecule has 0 atom stereocenters. The predicted molar refractivity (Wildman–Crippen MR) is 116 cm³/mol. The number of nitrogens with zero attached hydrogens (tertiary/aromatic N) is 2. The van der Waals surface area contributed by atoms with Crippen LogP contribution in [0.4, 0.5) is 0 Å². The molecule has 5 heteroatoms. The van der Waals surface area contributed by atoms with Crippen LogP contribution in [0.1, 0.15) is 37.8 Å². The maximum absolute atomic E-state index is 11.1. The first kappa shape index (κ1) is 19.7. The highest BCUT2D eigenvalue weighted by molar-refractivity contribution is 5.80. The van der Waals surface area contributed by atoms with Crippen LogP contribution >= 0.6 is 0 Å². The molecule has 0 aliphatic carbocycles. The van der Waals surface area contributed by atoms with E-state index in [1.165, 1.54) is 0 Å². The monoisotopic (exact) mass is 400 g/mol. The van der Waals surface area contributed by atoms with E-state index in [4.69, 9.17) is 4.52 Å². The maximum Gasteiger partial charge on any atom is 0.231 e. The number of rotatable bonds is 4. The smallest absolute Gasteiger partial charge is 0.231 e. The summed E-state index contributed by atoms with van der Waals surface area (Å²) in [5.41, 5.74) is 3.79. The molecular formula is C25H24N2O3. The maximum atomic E-state index is 11.1. The number of phenolic OH excluding ortho intramolecular Hbond substituents is 2. The molecule has 0 aliphatic heterocycles. The molecule has 0 radical (unpaired) electrons. The fourth-order valence-electron chi connectivity index (χ4n) is 3.34. The number of para-hydroxylation sites is 1. The normalized spacial score (nSPS) is 11.6. The third-order valence-electron chi connectivity index (χ3n) is 5.10. The van der Waals surface area contributed by atoms with Crippen LogP contribution in [0.15, 0.2) is 71.3 Å². The standard InChI is InChI=1S/C25H24N2O3/c1-25(2,3)18-14-19(16-9-5-4-6-10-16)23(29)20(15-18)24-26-22(30-27-24)13-17-11-7-8-12-21(17)28/h4-12,14-15,28-29H,13H2,1-3H3. The topological polar surface area (TPSA) is 79.4 Å². The molecule has 2 N–H and O–H groups in total. The minimum Gasteiger partial charge on any atom is -0.508 e. The zero-order valence-corrected chi connectivity index (χ0v) is 17.3. The molecular weight excluding hydrogens is 376 g/mol. The van der Waals surface area contributed by atoms with Crippen molar-refractivity contribution in [3.8, 4) is 34.0 Å². The van der Waals surface area contributed by atoms with Crippen LogP contribution in [-0.2, 0) is 11.8 Å². The Balaban J connectivity index is 1.79. The molecule has 0 unspecified atom stereocenters. The fourth-order valence-corrected chi connectivity index (χ4v) is 3.34. The first-order chi connectivity index (χ1) is 14.3. The molecule has 0 spiro atoms. The van der Waals surface area contributed by atoms with Gasteiger partial charge in [0.05, 0.1) is 12.0 Å². The molecule has 1 heterocycles. The van der Waals surface area contributed by atoms with Gasteiger partial charge in [0.15, 0.2) is 0 Å². The van der Waals surface area contributed by atoms with Crippen LogP contribution < -0.4 is 0 Å². The van der Waals surface area contributed by atoms with Crippen LogP contribution in [0.3, 0.4) is 0 Å². The second kappa shape index (κ2) is 7.67. The van der Waals surface area contributed by atoms with Crippen molar-refractivity contribution in [2.45, 2.75) is 32.6 Å². The Bertz CT molecular complexity index is 1170. The highest BCUT2D eigenvalue weighted by atomic mass is 16.5. The van der Waals surface area contributed by atoms with Gasteiger partial charge in [0.2, 0.25) is 11.7 Å². The van der Waals surface area contributed by atoms with E-state index in [1.54, 1.807) is 12.1 Å². The summed E-state index contributed by atoms with van der Waals surface area (Å²) in [5, 5.41) is 25.2. The molecule has 0 bridgehead atoms. The van der Waals surface area contributed by atoms with E-state index in [9.17, 15) is 10.2 Å². The Labute approximate surface area is 175 Å². The summed E-state index contributed by atoms with van der Waals surface area (Å²) >= 11 is 0. The zero-order valence-electron chi connectivity index (χ0n) is 17.3. The molecule has 5 nitrogen and oxygen atoms in total. The third kappa shape index (κ3) is 3.92. The molecule has 0 amide bonds. The highest BCUT2D eigenvalue weighted by Gasteiger charge is 2.23. The van der Waals surface area contributed by atoms with E-state index in [0.717, 1.165) is 16.7 Å². The molecule has 0 fully saturated rings. The van der Waals surface area contributed by atoms with Crippen LogP contribution in [-0.4, -0.2) is 20.4 Å². The Morgan fingerprint density at radius 2 is 1.53 bits per heavy atom. The number of hydrogen-bond acceptors (Lipinski definition) is 5. The SMILES string of the molecule is CC(C)(C)c1cc(-c2ccccc2)c(O)c(-c2noc(Cc3ccccc3O)n2)c1. The van der Waals surface area contributed by atoms with E-state index in [0.29, 0.717) is 29.3 Å². The van der Waals surface area contributed by atoms with Gasteiger partial charge < -0.3 is 14.7 Å². The summed E-state index contributed by atoms with van der Waals surface area (Å²) < 4.78 is 5.42. The van der Waals surface area contributed by atoms with Crippen molar-refractivity contribution in [2.75, 3.05) is 0 Å². The quantitative estimate of drug-likeness (QED) is 0.459. The van der Waals surface area contributed by atoms with Gasteiger partial charge in [0, 0.05) is 11.1 Å². The van der Waals surface area contributed by atoms with Crippen LogP contribution in [0.2, 0.25) is 0 Å². The summed E-state index contributed by atoms with van der Waals surface area (Å²) in [6.07, 6.45) is 0.310. The zero-order chi connectivity index (χ0) is 21.3. The summed E-state index contributed by atoms with van der Waals surface area (Å²) in [7, 11) is 0. The third-order valence-corrected chi connectivity index (χ3v) is 5.10. The van der Waals surface area contributed by atoms with Crippen molar-refractivity contribution in [3.63, 3.8) is 0 Å². The van der Waals surface area contributed by atoms with Crippen molar-refractivity contribution in [3.05, 3.63) is 83.7 Å². The second-order valence-corrected chi connectivity index (χ2v) is 8.35. The lowest BCUT2D eigenvalue weighted by molar-refractivity contribution is 0.382. The van der Waals surface area contributed by atoms with E-state index >= 15 is 0 Å². The number of phenols is 2. The van der Waals surface area contributed by atoms with Gasteiger partial charge in [-0.2, -0.15) is 4.98 Å². The van der Waals surface area contributed by atoms with Crippen molar-refractivity contribution in [1.82, 2.24) is 10.1 Å². The van der Waals surface area contributed by atoms with E-state index < -0.39 is 0 Å². The molecule has 30 heavy (non-hydrogen) atoms. The predicted octanol–water partition coefficient (Wildman–Crippen LogP) is 5.70. The van der Waals surface area contributed by atoms with Gasteiger partial charge in [-0.15, -0.1) is 0 Å². The van der Waals surface area contributed by atoms with Gasteiger partial charge in [-0.1, -0.05) is 74.5 Å². The van der Waals surface area contributed by atoms with E-state index in [1.807, 2.05) is 54.6 Å². The molecule has 0 aliphatic rings. The molecule has 0 saturated carbocycles. The van der Waals surface area contributed by atoms with Crippen molar-refractivity contribution < 1.29 is 14.7 Å². The lowest BCUT2D eigenvalue weighted by atomic mass is 9.83. The van der Waals surface area contributed by atoms with E-state index in [-0.39, 0.29) is 16.9 Å². The lowest BCUT2D eigenvalue weighted by Gasteiger charge is -2.22. The Kier molecular flexibility index (Phi) is 5.04. The first-order valence-corrected chi connectivity index (χ1v) is 9.85. The molecule has 152 valence electrons. The minimum absolute atomic E-state index is 0.115. The second-order valence-electron chi connectivity index (χ2n) is 8.35. The lowest BCUT2D eigenvalue weighted by Crippen LogP contribution is -2.11. The van der Waals surface area contributed by atoms with Crippen molar-refractivity contribution in [2.24, 2.45) is 0 Å². The number of aromatic nitrogens is 2. The van der Waals surface area contributed by atoms with Crippen LogP contribution in [0.5, 0.6) is 11.5 Å². The number of benzene rings is 3. The molecule has 0 saturated heterocycles. The largest absolute Gasteiger partial charge is 0.508 e. The Hall–Kier alpha value is -3.60. The molecule has 3 aromatic carbocycles. The average molecular weight is 400 g/mol. The highest BCUT2D eigenvalue weighted by Crippen LogP contribution is 2.41. The summed E-state index contributed by atoms with van der Waals surface area (Å²) in [6.45, 7) is 6.37. The Morgan fingerprint density at radius 3 is 2.23 bits per heavy atom. The van der Waals surface area contributed by atoms with Crippen LogP contribution in [0, 0.1) is 0 Å². The minimum atomic E-state index is -0.131. The Morgan fingerprint density at radius 1 is 0.867 bits per heavy atom. The van der Waals surface area contributed by atoms with Gasteiger partial charge >= 0.3 is 0 Å². The number of aromatic hydroxyl groups is 2. The van der Waals surface area contributed by atoms with Gasteiger partial charge in [0.1, 0.15) is 11.5 Å². The molecule has 4 aromatic rings. The fraction of sp³-hybridized carbons (Fsp3) is 0.200. The van der Waals surface area contributed by atoms with Gasteiger partial charge in [-0.05, 0) is 34.7 Å². The van der Waals surface area contributed by atoms with Crippen LogP contribution in [0.25, 0.3) is 22.5 Å². The summed E-state index contributed by atoms with van der Waals surface area (Å²) in [4.78, 5) is 4.49. The average Bonchev–Trinajstić information content (AvgIpc) is 3.18. The number of hydrogen-bond donors (Lipinski definition) is 2. The van der Waals surface area contributed by atoms with Gasteiger partial charge in [-0.3, -0.25) is 0 Å². The van der Waals surface area contributed by atoms with Gasteiger partial charge in [0.25, 0.3) is 0 Å². The first-order valence-electron chi connectivity index (χ1n) is 9.85. The summed E-state index contributed by atoms with van der Waals surface area (Å²) in [6, 6.07) is 20.7. The molecule has 4 rings (SSSR count).